The van der Waals surface area contributed by atoms with E-state index in [1.54, 1.807) is 11.1 Å². The Morgan fingerprint density at radius 3 is 2.83 bits per heavy atom. The van der Waals surface area contributed by atoms with Crippen LogP contribution in [0.1, 0.15) is 49.4 Å². The van der Waals surface area contributed by atoms with Crippen molar-refractivity contribution in [2.45, 2.75) is 45.6 Å². The Bertz CT molecular complexity index is 367. The van der Waals surface area contributed by atoms with Gasteiger partial charge in [-0.25, -0.2) is 0 Å². The average Bonchev–Trinajstić information content (AvgIpc) is 2.86. The third-order valence-electron chi connectivity index (χ3n) is 3.65. The highest BCUT2D eigenvalue weighted by Crippen LogP contribution is 2.25. The van der Waals surface area contributed by atoms with E-state index in [2.05, 4.69) is 37.4 Å². The molecular formula is C16H25NO. The molecule has 18 heavy (non-hydrogen) atoms. The van der Waals surface area contributed by atoms with Crippen molar-refractivity contribution in [3.63, 3.8) is 0 Å². The summed E-state index contributed by atoms with van der Waals surface area (Å²) in [5.74, 6) is 0. The Kier molecular flexibility index (Phi) is 5.21. The van der Waals surface area contributed by atoms with Gasteiger partial charge in [-0.3, -0.25) is 0 Å². The summed E-state index contributed by atoms with van der Waals surface area (Å²) >= 11 is 0. The molecule has 0 bridgehead atoms. The molecule has 0 radical (unpaired) electrons. The molecule has 1 aliphatic rings. The van der Waals surface area contributed by atoms with Crippen LogP contribution >= 0.6 is 0 Å². The van der Waals surface area contributed by atoms with Gasteiger partial charge in [-0.1, -0.05) is 25.1 Å². The van der Waals surface area contributed by atoms with Crippen LogP contribution in [0.3, 0.4) is 0 Å². The van der Waals surface area contributed by atoms with Gasteiger partial charge in [-0.2, -0.15) is 0 Å². The fourth-order valence-corrected chi connectivity index (χ4v) is 2.64. The van der Waals surface area contributed by atoms with E-state index in [0.717, 1.165) is 26.2 Å². The molecule has 2 rings (SSSR count). The van der Waals surface area contributed by atoms with Crippen molar-refractivity contribution in [1.29, 1.82) is 0 Å². The molecule has 0 fully saturated rings. The number of fused-ring (bicyclic) bond motifs is 1. The Labute approximate surface area is 111 Å². The van der Waals surface area contributed by atoms with Gasteiger partial charge in [-0.15, -0.1) is 0 Å². The summed E-state index contributed by atoms with van der Waals surface area (Å²) in [6, 6.07) is 7.31. The lowest BCUT2D eigenvalue weighted by molar-refractivity contribution is 0.123. The van der Waals surface area contributed by atoms with Crippen LogP contribution in [0.15, 0.2) is 18.2 Å². The Morgan fingerprint density at radius 2 is 2.06 bits per heavy atom. The summed E-state index contributed by atoms with van der Waals surface area (Å²) in [7, 11) is 0. The smallest absolute Gasteiger partial charge is 0.0661 e. The molecule has 1 atom stereocenters. The molecule has 2 nitrogen and oxygen atoms in total. The van der Waals surface area contributed by atoms with Gasteiger partial charge in [0.1, 0.15) is 0 Å². The zero-order chi connectivity index (χ0) is 12.8. The van der Waals surface area contributed by atoms with Crippen LogP contribution in [0.2, 0.25) is 0 Å². The van der Waals surface area contributed by atoms with Crippen molar-refractivity contribution >= 4 is 0 Å². The molecule has 100 valence electrons. The quantitative estimate of drug-likeness (QED) is 0.798. The van der Waals surface area contributed by atoms with Crippen LogP contribution in [-0.2, 0) is 17.6 Å². The first-order chi connectivity index (χ1) is 8.85. The summed E-state index contributed by atoms with van der Waals surface area (Å²) in [4.78, 5) is 0. The van der Waals surface area contributed by atoms with Crippen LogP contribution < -0.4 is 5.32 Å². The summed E-state index contributed by atoms with van der Waals surface area (Å²) in [6.07, 6.45) is 4.98. The second-order valence-electron chi connectivity index (χ2n) is 5.05. The van der Waals surface area contributed by atoms with Crippen molar-refractivity contribution in [2.24, 2.45) is 0 Å². The number of rotatable bonds is 7. The molecule has 1 N–H and O–H groups in total. The minimum absolute atomic E-state index is 0.343. The third kappa shape index (κ3) is 3.33. The van der Waals surface area contributed by atoms with Gasteiger partial charge in [0.2, 0.25) is 0 Å². The summed E-state index contributed by atoms with van der Waals surface area (Å²) in [6.45, 7) is 6.87. The number of ether oxygens (including phenoxy) is 1. The molecule has 1 aliphatic carbocycles. The highest BCUT2D eigenvalue weighted by molar-refractivity contribution is 5.36. The van der Waals surface area contributed by atoms with Gasteiger partial charge in [0, 0.05) is 6.61 Å². The lowest BCUT2D eigenvalue weighted by Crippen LogP contribution is -2.26. The van der Waals surface area contributed by atoms with Gasteiger partial charge >= 0.3 is 0 Å². The van der Waals surface area contributed by atoms with E-state index in [0.29, 0.717) is 6.04 Å². The van der Waals surface area contributed by atoms with E-state index in [-0.39, 0.29) is 0 Å². The van der Waals surface area contributed by atoms with Crippen molar-refractivity contribution < 1.29 is 4.74 Å². The van der Waals surface area contributed by atoms with E-state index in [1.165, 1.54) is 24.8 Å². The lowest BCUT2D eigenvalue weighted by Gasteiger charge is -2.19. The normalized spacial score (nSPS) is 15.7. The molecule has 0 aromatic heterocycles. The fourth-order valence-electron chi connectivity index (χ4n) is 2.64. The highest BCUT2D eigenvalue weighted by Gasteiger charge is 2.15. The van der Waals surface area contributed by atoms with Crippen molar-refractivity contribution in [1.82, 2.24) is 5.32 Å². The minimum atomic E-state index is 0.343. The summed E-state index contributed by atoms with van der Waals surface area (Å²) in [5, 5.41) is 3.59. The first-order valence-corrected chi connectivity index (χ1v) is 7.28. The standard InChI is InChI=1S/C16H25NO/c1-3-10-17-16(12-18-4-2)15-9-8-13-6-5-7-14(13)11-15/h8-9,11,16-17H,3-7,10,12H2,1-2H3. The molecule has 1 aromatic carbocycles. The Morgan fingerprint density at radius 1 is 1.22 bits per heavy atom. The SMILES string of the molecule is CCCNC(COCC)c1ccc2c(c1)CCC2. The van der Waals surface area contributed by atoms with Crippen LogP contribution in [0, 0.1) is 0 Å². The number of benzene rings is 1. The van der Waals surface area contributed by atoms with E-state index in [4.69, 9.17) is 4.74 Å². The van der Waals surface area contributed by atoms with Crippen molar-refractivity contribution in [3.8, 4) is 0 Å². The van der Waals surface area contributed by atoms with Gasteiger partial charge in [-0.05, 0) is 55.8 Å². The van der Waals surface area contributed by atoms with Crippen LogP contribution in [0.5, 0.6) is 0 Å². The molecule has 0 saturated carbocycles. The zero-order valence-corrected chi connectivity index (χ0v) is 11.7. The lowest BCUT2D eigenvalue weighted by atomic mass is 10.0. The highest BCUT2D eigenvalue weighted by atomic mass is 16.5. The maximum absolute atomic E-state index is 5.60. The summed E-state index contributed by atoms with van der Waals surface area (Å²) in [5.41, 5.74) is 4.48. The second-order valence-corrected chi connectivity index (χ2v) is 5.05. The monoisotopic (exact) mass is 247 g/mol. The number of aryl methyl sites for hydroxylation is 2. The largest absolute Gasteiger partial charge is 0.380 e. The van der Waals surface area contributed by atoms with Crippen LogP contribution in [-0.4, -0.2) is 19.8 Å². The number of hydrogen-bond donors (Lipinski definition) is 1. The maximum atomic E-state index is 5.60. The summed E-state index contributed by atoms with van der Waals surface area (Å²) < 4.78 is 5.60. The Balaban J connectivity index is 2.08. The van der Waals surface area contributed by atoms with E-state index in [1.807, 2.05) is 0 Å². The predicted octanol–water partition coefficient (Wildman–Crippen LogP) is 3.25. The maximum Gasteiger partial charge on any atom is 0.0661 e. The van der Waals surface area contributed by atoms with Crippen LogP contribution in [0.4, 0.5) is 0 Å². The molecule has 0 amide bonds. The first-order valence-electron chi connectivity index (χ1n) is 7.28. The molecule has 1 unspecified atom stereocenters. The van der Waals surface area contributed by atoms with E-state index < -0.39 is 0 Å². The first kappa shape index (κ1) is 13.6. The van der Waals surface area contributed by atoms with Crippen molar-refractivity contribution in [3.05, 3.63) is 34.9 Å². The molecular weight excluding hydrogens is 222 g/mol. The molecule has 0 aliphatic heterocycles. The van der Waals surface area contributed by atoms with Crippen LogP contribution in [0.25, 0.3) is 0 Å². The van der Waals surface area contributed by atoms with Gasteiger partial charge < -0.3 is 10.1 Å². The number of nitrogens with one attached hydrogen (secondary N) is 1. The van der Waals surface area contributed by atoms with E-state index in [9.17, 15) is 0 Å². The average molecular weight is 247 g/mol. The molecule has 0 saturated heterocycles. The van der Waals surface area contributed by atoms with Gasteiger partial charge in [0.15, 0.2) is 0 Å². The zero-order valence-electron chi connectivity index (χ0n) is 11.7. The Hall–Kier alpha value is -0.860. The predicted molar refractivity (Wildman–Crippen MR) is 76.0 cm³/mol. The molecule has 2 heteroatoms. The molecule has 1 aromatic rings. The number of hydrogen-bond acceptors (Lipinski definition) is 2. The third-order valence-corrected chi connectivity index (χ3v) is 3.65. The minimum Gasteiger partial charge on any atom is -0.380 e. The second kappa shape index (κ2) is 6.91. The van der Waals surface area contributed by atoms with Crippen molar-refractivity contribution in [2.75, 3.05) is 19.8 Å². The molecule has 0 spiro atoms. The van der Waals surface area contributed by atoms with E-state index >= 15 is 0 Å². The molecule has 0 heterocycles. The fraction of sp³-hybridized carbons (Fsp3) is 0.625. The van der Waals surface area contributed by atoms with Gasteiger partial charge in [0.25, 0.3) is 0 Å². The van der Waals surface area contributed by atoms with Gasteiger partial charge in [0.05, 0.1) is 12.6 Å². The topological polar surface area (TPSA) is 21.3 Å².